The molecule has 0 heterocycles. The Labute approximate surface area is 111 Å². The predicted octanol–water partition coefficient (Wildman–Crippen LogP) is 3.39. The van der Waals surface area contributed by atoms with E-state index in [-0.39, 0.29) is 7.43 Å². The van der Waals surface area contributed by atoms with Crippen molar-refractivity contribution in [2.45, 2.75) is 7.43 Å². The van der Waals surface area contributed by atoms with Crippen LogP contribution in [0.1, 0.15) is 7.43 Å². The average Bonchev–Trinajstić information content (AvgIpc) is 2.27. The quantitative estimate of drug-likeness (QED) is 0.749. The Bertz CT molecular complexity index is 641. The Morgan fingerprint density at radius 3 is 2.47 bits per heavy atom. The number of nitrogens with one attached hydrogen (secondary N) is 1. The molecule has 2 aromatic carbocycles. The molecule has 0 aliphatic carbocycles. The van der Waals surface area contributed by atoms with Crippen molar-refractivity contribution in [2.75, 3.05) is 5.09 Å². The van der Waals surface area contributed by atoms with Gasteiger partial charge in [0.2, 0.25) is 0 Å². The van der Waals surface area contributed by atoms with Crippen LogP contribution < -0.4 is 5.09 Å². The van der Waals surface area contributed by atoms with Gasteiger partial charge >= 0.3 is 16.0 Å². The van der Waals surface area contributed by atoms with E-state index in [4.69, 9.17) is 4.89 Å². The van der Waals surface area contributed by atoms with Gasteiger partial charge in [0.15, 0.2) is 0 Å². The third kappa shape index (κ3) is 4.16. The molecule has 3 N–H and O–H groups in total. The molecule has 0 spiro atoms. The molecule has 0 aliphatic rings. The van der Waals surface area contributed by atoms with Crippen molar-refractivity contribution in [1.82, 2.24) is 0 Å². The van der Waals surface area contributed by atoms with Gasteiger partial charge in [0.25, 0.3) is 0 Å². The molecule has 104 valence electrons. The zero-order valence-corrected chi connectivity index (χ0v) is 11.0. The van der Waals surface area contributed by atoms with Crippen molar-refractivity contribution < 1.29 is 23.2 Å². The Morgan fingerprint density at radius 2 is 1.79 bits per heavy atom. The normalized spacial score (nSPS) is 15.3. The molecule has 2 unspecified atom stereocenters. The van der Waals surface area contributed by atoms with Gasteiger partial charge in [0, 0.05) is 5.39 Å². The van der Waals surface area contributed by atoms with E-state index < -0.39 is 16.0 Å². The SMILES string of the molecule is C.O=[PH](O)OP(=O)(O)Nc1cccc2ccccc12. The van der Waals surface area contributed by atoms with Crippen LogP contribution in [0.4, 0.5) is 5.69 Å². The van der Waals surface area contributed by atoms with E-state index in [0.717, 1.165) is 10.8 Å². The van der Waals surface area contributed by atoms with Crippen molar-refractivity contribution in [3.8, 4) is 0 Å². The number of benzene rings is 2. The highest BCUT2D eigenvalue weighted by atomic mass is 31.2. The zero-order chi connectivity index (χ0) is 13.2. The Kier molecular flexibility index (Phi) is 5.29. The first-order valence-corrected chi connectivity index (χ1v) is 7.83. The van der Waals surface area contributed by atoms with E-state index >= 15 is 0 Å². The molecule has 0 aliphatic heterocycles. The summed E-state index contributed by atoms with van der Waals surface area (Å²) < 4.78 is 26.1. The van der Waals surface area contributed by atoms with Gasteiger partial charge in [-0.3, -0.25) is 9.65 Å². The van der Waals surface area contributed by atoms with E-state index in [2.05, 4.69) is 9.40 Å². The molecule has 0 saturated carbocycles. The van der Waals surface area contributed by atoms with Crippen molar-refractivity contribution in [3.63, 3.8) is 0 Å². The van der Waals surface area contributed by atoms with Gasteiger partial charge in [-0.25, -0.2) is 8.88 Å². The van der Waals surface area contributed by atoms with Crippen LogP contribution in [0.5, 0.6) is 0 Å². The summed E-state index contributed by atoms with van der Waals surface area (Å²) in [5, 5.41) is 3.84. The molecule has 19 heavy (non-hydrogen) atoms. The Morgan fingerprint density at radius 1 is 1.16 bits per heavy atom. The van der Waals surface area contributed by atoms with Crippen molar-refractivity contribution in [2.24, 2.45) is 0 Å². The second-order valence-corrected chi connectivity index (χ2v) is 6.04. The molecule has 0 bridgehead atoms. The summed E-state index contributed by atoms with van der Waals surface area (Å²) in [4.78, 5) is 17.9. The number of hydrogen-bond donors (Lipinski definition) is 3. The van der Waals surface area contributed by atoms with Crippen LogP contribution in [0.15, 0.2) is 42.5 Å². The van der Waals surface area contributed by atoms with E-state index in [1.54, 1.807) is 24.3 Å². The summed E-state index contributed by atoms with van der Waals surface area (Å²) in [6, 6.07) is 12.4. The number of rotatable bonds is 4. The summed E-state index contributed by atoms with van der Waals surface area (Å²) in [6.07, 6.45) is 0. The van der Waals surface area contributed by atoms with E-state index in [9.17, 15) is 14.0 Å². The molecule has 0 amide bonds. The first-order chi connectivity index (χ1) is 8.48. The molecule has 0 saturated heterocycles. The minimum Gasteiger partial charge on any atom is -0.326 e. The second kappa shape index (κ2) is 6.33. The van der Waals surface area contributed by atoms with Gasteiger partial charge in [-0.15, -0.1) is 0 Å². The van der Waals surface area contributed by atoms with Crippen LogP contribution in [0.2, 0.25) is 0 Å². The monoisotopic (exact) mass is 303 g/mol. The zero-order valence-electron chi connectivity index (χ0n) is 9.11. The van der Waals surface area contributed by atoms with Gasteiger partial charge in [0.05, 0.1) is 5.69 Å². The number of hydrogen-bond acceptors (Lipinski definition) is 3. The van der Waals surface area contributed by atoms with Crippen LogP contribution in [-0.2, 0) is 13.4 Å². The predicted molar refractivity (Wildman–Crippen MR) is 76.4 cm³/mol. The molecular formula is C11H15NO5P2. The van der Waals surface area contributed by atoms with Crippen LogP contribution in [0.3, 0.4) is 0 Å². The third-order valence-corrected chi connectivity index (χ3v) is 4.39. The van der Waals surface area contributed by atoms with E-state index in [1.165, 1.54) is 0 Å². The molecule has 0 aromatic heterocycles. The smallest absolute Gasteiger partial charge is 0.326 e. The molecule has 0 fully saturated rings. The molecule has 8 heteroatoms. The topological polar surface area (TPSA) is 95.9 Å². The summed E-state index contributed by atoms with van der Waals surface area (Å²) in [5.41, 5.74) is 0.363. The molecule has 2 aromatic rings. The summed E-state index contributed by atoms with van der Waals surface area (Å²) in [6.45, 7) is 0. The van der Waals surface area contributed by atoms with Crippen LogP contribution in [0.25, 0.3) is 10.8 Å². The highest BCUT2D eigenvalue weighted by Gasteiger charge is 2.22. The van der Waals surface area contributed by atoms with Crippen LogP contribution in [0, 0.1) is 0 Å². The number of fused-ring (bicyclic) bond motifs is 1. The van der Waals surface area contributed by atoms with Crippen molar-refractivity contribution in [1.29, 1.82) is 0 Å². The van der Waals surface area contributed by atoms with Gasteiger partial charge in [-0.2, -0.15) is 0 Å². The fourth-order valence-corrected chi connectivity index (χ4v) is 3.13. The second-order valence-electron chi connectivity index (χ2n) is 3.52. The minimum absolute atomic E-state index is 0. The van der Waals surface area contributed by atoms with E-state index in [0.29, 0.717) is 5.69 Å². The summed E-state index contributed by atoms with van der Waals surface area (Å²) in [5.74, 6) is 0. The maximum absolute atomic E-state index is 11.5. The first kappa shape index (κ1) is 15.9. The van der Waals surface area contributed by atoms with Crippen molar-refractivity contribution >= 4 is 32.5 Å². The molecular weight excluding hydrogens is 288 g/mol. The molecule has 0 radical (unpaired) electrons. The van der Waals surface area contributed by atoms with Crippen LogP contribution in [-0.4, -0.2) is 9.79 Å². The van der Waals surface area contributed by atoms with Crippen LogP contribution >= 0.6 is 16.0 Å². The standard InChI is InChI=1S/C10H11NO5P2.CH4/c12-17(13)16-18(14,15)11-10-7-3-5-8-4-1-2-6-9(8)10;/h1-7,17H,(H,12,13)(H2,11,14,15);1H4. The van der Waals surface area contributed by atoms with Gasteiger partial charge in [-0.1, -0.05) is 43.8 Å². The lowest BCUT2D eigenvalue weighted by Crippen LogP contribution is -1.97. The first-order valence-electron chi connectivity index (χ1n) is 4.99. The minimum atomic E-state index is -4.34. The highest BCUT2D eigenvalue weighted by Crippen LogP contribution is 2.50. The molecule has 2 rings (SSSR count). The lowest BCUT2D eigenvalue weighted by Gasteiger charge is -2.14. The van der Waals surface area contributed by atoms with E-state index in [1.807, 2.05) is 18.2 Å². The van der Waals surface area contributed by atoms with Crippen molar-refractivity contribution in [3.05, 3.63) is 42.5 Å². The maximum Gasteiger partial charge on any atom is 0.437 e. The molecule has 2 atom stereocenters. The lowest BCUT2D eigenvalue weighted by molar-refractivity contribution is 0.355. The molecule has 6 nitrogen and oxygen atoms in total. The number of anilines is 1. The maximum atomic E-state index is 11.5. The third-order valence-electron chi connectivity index (χ3n) is 2.25. The van der Waals surface area contributed by atoms with Gasteiger partial charge < -0.3 is 9.79 Å². The summed E-state index contributed by atoms with van der Waals surface area (Å²) >= 11 is 0. The Hall–Kier alpha value is -1.16. The fourth-order valence-electron chi connectivity index (χ4n) is 1.60. The fraction of sp³-hybridized carbons (Fsp3) is 0.0909. The Balaban J connectivity index is 0.00000180. The average molecular weight is 303 g/mol. The largest absolute Gasteiger partial charge is 0.437 e. The van der Waals surface area contributed by atoms with Gasteiger partial charge in [-0.05, 0) is 11.5 Å². The highest BCUT2D eigenvalue weighted by molar-refractivity contribution is 7.60. The lowest BCUT2D eigenvalue weighted by atomic mass is 10.1. The summed E-state index contributed by atoms with van der Waals surface area (Å²) in [7, 11) is -7.83. The van der Waals surface area contributed by atoms with Gasteiger partial charge in [0.1, 0.15) is 0 Å².